The molecule has 6 rings (SSSR count). The standard InChI is InChI=1S/C28H26F5N3O5/c29-27(30)40-22-4-2-1-3-18(22)24-20(25(41-35-24)14-5-6-14)13-39-17-9-15-7-8-16(10-17)36(15)23-11-21(28(31,32)33)19(12-34-23)26(37)38/h1-4,11-12,14-17,27H,5-10,13H2,(H,37,38)/t15-,16?,17?/m0/s1. The van der Waals surface area contributed by atoms with E-state index in [0.29, 0.717) is 35.4 Å². The van der Waals surface area contributed by atoms with Gasteiger partial charge in [0.25, 0.3) is 0 Å². The molecule has 0 radical (unpaired) electrons. The quantitative estimate of drug-likeness (QED) is 0.282. The van der Waals surface area contributed by atoms with Gasteiger partial charge in [-0.3, -0.25) is 0 Å². The molecular weight excluding hydrogens is 553 g/mol. The Morgan fingerprint density at radius 2 is 1.83 bits per heavy atom. The maximum atomic E-state index is 13.6. The van der Waals surface area contributed by atoms with Crippen molar-refractivity contribution in [2.24, 2.45) is 0 Å². The number of fused-ring (bicyclic) bond motifs is 2. The van der Waals surface area contributed by atoms with E-state index in [1.54, 1.807) is 18.2 Å². The van der Waals surface area contributed by atoms with Gasteiger partial charge in [-0.15, -0.1) is 0 Å². The molecule has 3 fully saturated rings. The molecule has 0 amide bonds. The van der Waals surface area contributed by atoms with E-state index < -0.39 is 29.9 Å². The number of hydrogen-bond acceptors (Lipinski definition) is 7. The van der Waals surface area contributed by atoms with Crippen LogP contribution in [-0.2, 0) is 17.5 Å². The number of aromatic carboxylic acids is 1. The predicted octanol–water partition coefficient (Wildman–Crippen LogP) is 6.65. The highest BCUT2D eigenvalue weighted by Gasteiger charge is 2.44. The summed E-state index contributed by atoms with van der Waals surface area (Å²) in [7, 11) is 0. The molecule has 1 aliphatic carbocycles. The summed E-state index contributed by atoms with van der Waals surface area (Å²) in [6.45, 7) is -2.88. The summed E-state index contributed by atoms with van der Waals surface area (Å²) in [6, 6.07) is 6.91. The van der Waals surface area contributed by atoms with Crippen LogP contribution < -0.4 is 9.64 Å². The van der Waals surface area contributed by atoms with Gasteiger partial charge in [0, 0.05) is 35.3 Å². The molecule has 2 aliphatic heterocycles. The van der Waals surface area contributed by atoms with Gasteiger partial charge < -0.3 is 24.0 Å². The third-order valence-corrected chi connectivity index (χ3v) is 7.97. The van der Waals surface area contributed by atoms with Crippen molar-refractivity contribution in [3.05, 3.63) is 59.0 Å². The highest BCUT2D eigenvalue weighted by Crippen LogP contribution is 2.46. The molecule has 0 spiro atoms. The maximum Gasteiger partial charge on any atom is 0.417 e. The fourth-order valence-corrected chi connectivity index (χ4v) is 6.03. The molecule has 218 valence electrons. The first-order valence-corrected chi connectivity index (χ1v) is 13.3. The minimum atomic E-state index is -4.83. The average Bonchev–Trinajstić information content (AvgIpc) is 3.62. The Labute approximate surface area is 231 Å². The van der Waals surface area contributed by atoms with E-state index in [4.69, 9.17) is 14.0 Å². The second-order valence-electron chi connectivity index (χ2n) is 10.6. The van der Waals surface area contributed by atoms with E-state index in [2.05, 4.69) is 10.1 Å². The van der Waals surface area contributed by atoms with Crippen molar-refractivity contribution >= 4 is 11.8 Å². The second-order valence-corrected chi connectivity index (χ2v) is 10.6. The third-order valence-electron chi connectivity index (χ3n) is 7.97. The minimum Gasteiger partial charge on any atom is -0.478 e. The van der Waals surface area contributed by atoms with Crippen LogP contribution in [-0.4, -0.2) is 46.0 Å². The van der Waals surface area contributed by atoms with Crippen LogP contribution in [0.4, 0.5) is 27.8 Å². The van der Waals surface area contributed by atoms with Crippen LogP contribution in [0, 0.1) is 0 Å². The summed E-state index contributed by atoms with van der Waals surface area (Å²) in [6.07, 6.45) is 0.101. The van der Waals surface area contributed by atoms with Crippen LogP contribution in [0.25, 0.3) is 11.3 Å². The lowest BCUT2D eigenvalue weighted by Crippen LogP contribution is -2.46. The molecule has 4 heterocycles. The van der Waals surface area contributed by atoms with Crippen molar-refractivity contribution < 1.29 is 45.8 Å². The van der Waals surface area contributed by atoms with Gasteiger partial charge in [0.05, 0.1) is 23.8 Å². The lowest BCUT2D eigenvalue weighted by Gasteiger charge is -2.40. The number of ether oxygens (including phenoxy) is 2. The number of carboxylic acid groups (broad SMARTS) is 1. The van der Waals surface area contributed by atoms with E-state index in [9.17, 15) is 31.9 Å². The van der Waals surface area contributed by atoms with Gasteiger partial charge >= 0.3 is 18.8 Å². The van der Waals surface area contributed by atoms with Crippen LogP contribution >= 0.6 is 0 Å². The number of aromatic nitrogens is 2. The molecule has 1 saturated carbocycles. The smallest absolute Gasteiger partial charge is 0.417 e. The molecule has 2 bridgehead atoms. The topological polar surface area (TPSA) is 97.9 Å². The molecular formula is C28H26F5N3O5. The molecule has 3 aromatic rings. The Kier molecular flexibility index (Phi) is 7.08. The zero-order valence-corrected chi connectivity index (χ0v) is 21.6. The molecule has 2 aromatic heterocycles. The Hall–Kier alpha value is -3.74. The number of rotatable bonds is 9. The van der Waals surface area contributed by atoms with Gasteiger partial charge in [-0.1, -0.05) is 17.3 Å². The highest BCUT2D eigenvalue weighted by atomic mass is 19.4. The van der Waals surface area contributed by atoms with Crippen LogP contribution in [0.1, 0.15) is 71.7 Å². The van der Waals surface area contributed by atoms with Crippen LogP contribution in [0.3, 0.4) is 0 Å². The molecule has 41 heavy (non-hydrogen) atoms. The molecule has 3 atom stereocenters. The van der Waals surface area contributed by atoms with E-state index in [1.165, 1.54) is 6.07 Å². The van der Waals surface area contributed by atoms with Crippen molar-refractivity contribution in [3.8, 4) is 17.0 Å². The summed E-state index contributed by atoms with van der Waals surface area (Å²) in [5, 5.41) is 13.4. The molecule has 13 heteroatoms. The fourth-order valence-electron chi connectivity index (χ4n) is 6.03. The minimum absolute atomic E-state index is 0.0228. The zero-order chi connectivity index (χ0) is 28.9. The van der Waals surface area contributed by atoms with E-state index in [-0.39, 0.29) is 42.3 Å². The number of piperidine rings is 1. The molecule has 3 aliphatic rings. The van der Waals surface area contributed by atoms with E-state index in [0.717, 1.165) is 37.9 Å². The number of carbonyl (C=O) groups is 1. The van der Waals surface area contributed by atoms with Gasteiger partial charge in [0.15, 0.2) is 0 Å². The number of nitrogens with zero attached hydrogens (tertiary/aromatic N) is 3. The monoisotopic (exact) mass is 579 g/mol. The lowest BCUT2D eigenvalue weighted by atomic mass is 9.98. The van der Waals surface area contributed by atoms with Crippen molar-refractivity contribution in [1.29, 1.82) is 0 Å². The van der Waals surface area contributed by atoms with Gasteiger partial charge in [-0.05, 0) is 56.7 Å². The second kappa shape index (κ2) is 10.6. The third kappa shape index (κ3) is 5.46. The van der Waals surface area contributed by atoms with E-state index in [1.807, 2.05) is 4.90 Å². The Balaban J connectivity index is 1.21. The first kappa shape index (κ1) is 27.4. The maximum absolute atomic E-state index is 13.6. The van der Waals surface area contributed by atoms with Crippen molar-refractivity contribution in [3.63, 3.8) is 0 Å². The van der Waals surface area contributed by atoms with Gasteiger partial charge in [-0.25, -0.2) is 9.78 Å². The van der Waals surface area contributed by atoms with Crippen molar-refractivity contribution in [2.45, 2.75) is 82.0 Å². The van der Waals surface area contributed by atoms with Crippen LogP contribution in [0.2, 0.25) is 0 Å². The average molecular weight is 580 g/mol. The molecule has 2 unspecified atom stereocenters. The number of para-hydroxylation sites is 1. The summed E-state index contributed by atoms with van der Waals surface area (Å²) in [5.41, 5.74) is -0.688. The number of halogens is 5. The first-order chi connectivity index (χ1) is 19.6. The zero-order valence-electron chi connectivity index (χ0n) is 21.6. The van der Waals surface area contributed by atoms with Crippen molar-refractivity contribution in [2.75, 3.05) is 4.90 Å². The summed E-state index contributed by atoms with van der Waals surface area (Å²) >= 11 is 0. The Bertz CT molecular complexity index is 1430. The predicted molar refractivity (Wildman–Crippen MR) is 134 cm³/mol. The first-order valence-electron chi connectivity index (χ1n) is 13.3. The molecule has 1 N–H and O–H groups in total. The fraction of sp³-hybridized carbons (Fsp3) is 0.464. The molecule has 2 saturated heterocycles. The summed E-state index contributed by atoms with van der Waals surface area (Å²) in [4.78, 5) is 17.3. The van der Waals surface area contributed by atoms with E-state index >= 15 is 0 Å². The summed E-state index contributed by atoms with van der Waals surface area (Å²) < 4.78 is 83.6. The molecule has 8 nitrogen and oxygen atoms in total. The SMILES string of the molecule is O=C(O)c1cnc(N2C3CC[C@H]2CC(OCc2c(-c4ccccc4OC(F)F)noc2C2CC2)C3)cc1C(F)(F)F. The largest absolute Gasteiger partial charge is 0.478 e. The highest BCUT2D eigenvalue weighted by molar-refractivity contribution is 5.89. The Morgan fingerprint density at radius 1 is 1.12 bits per heavy atom. The number of anilines is 1. The summed E-state index contributed by atoms with van der Waals surface area (Å²) in [5.74, 6) is -0.770. The number of hydrogen-bond donors (Lipinski definition) is 1. The molecule has 1 aromatic carbocycles. The normalized spacial score (nSPS) is 22.4. The number of benzene rings is 1. The number of alkyl halides is 5. The Morgan fingerprint density at radius 3 is 2.46 bits per heavy atom. The number of carboxylic acids is 1. The lowest BCUT2D eigenvalue weighted by molar-refractivity contribution is -0.138. The van der Waals surface area contributed by atoms with Crippen molar-refractivity contribution in [1.82, 2.24) is 10.1 Å². The number of pyridine rings is 1. The van der Waals surface area contributed by atoms with Gasteiger partial charge in [0.1, 0.15) is 23.0 Å². The van der Waals surface area contributed by atoms with Crippen LogP contribution in [0.15, 0.2) is 41.1 Å². The van der Waals surface area contributed by atoms with Crippen LogP contribution in [0.5, 0.6) is 5.75 Å². The van der Waals surface area contributed by atoms with Gasteiger partial charge in [0.2, 0.25) is 0 Å². The van der Waals surface area contributed by atoms with Gasteiger partial charge in [-0.2, -0.15) is 22.0 Å².